The molecule has 2 amide bonds. The molecule has 5 nitrogen and oxygen atoms in total. The zero-order valence-corrected chi connectivity index (χ0v) is 11.8. The van der Waals surface area contributed by atoms with Gasteiger partial charge in [0.2, 0.25) is 0 Å². The van der Waals surface area contributed by atoms with Gasteiger partial charge in [0.05, 0.1) is 0 Å². The maximum Gasteiger partial charge on any atom is 0.323 e. The van der Waals surface area contributed by atoms with Gasteiger partial charge in [0, 0.05) is 22.3 Å². The maximum absolute atomic E-state index is 11.9. The molecule has 2 N–H and O–H groups in total. The fourth-order valence-electron chi connectivity index (χ4n) is 1.51. The molecule has 104 valence electrons. The highest BCUT2D eigenvalue weighted by Gasteiger charge is 2.16. The van der Waals surface area contributed by atoms with E-state index in [-0.39, 0.29) is 6.54 Å². The van der Waals surface area contributed by atoms with Crippen LogP contribution >= 0.6 is 23.2 Å². The molecule has 0 aliphatic carbocycles. The molecule has 0 atom stereocenters. The first-order valence-electron chi connectivity index (χ1n) is 5.66. The molecule has 1 rings (SSSR count). The highest BCUT2D eigenvalue weighted by Crippen LogP contribution is 2.22. The number of urea groups is 1. The van der Waals surface area contributed by atoms with Gasteiger partial charge in [-0.15, -0.1) is 0 Å². The molecule has 0 saturated carbocycles. The summed E-state index contributed by atoms with van der Waals surface area (Å²) < 4.78 is 0. The number of hydrogen-bond donors (Lipinski definition) is 2. The van der Waals surface area contributed by atoms with Crippen LogP contribution in [0.5, 0.6) is 0 Å². The highest BCUT2D eigenvalue weighted by molar-refractivity contribution is 6.35. The van der Waals surface area contributed by atoms with Gasteiger partial charge in [0.25, 0.3) is 0 Å². The lowest BCUT2D eigenvalue weighted by atomic mass is 10.3. The molecule has 0 bridgehead atoms. The van der Waals surface area contributed by atoms with Crippen LogP contribution in [0.4, 0.5) is 10.5 Å². The molecule has 0 aliphatic rings. The second-order valence-corrected chi connectivity index (χ2v) is 4.78. The summed E-state index contributed by atoms with van der Waals surface area (Å²) in [6.45, 7) is 1.86. The average molecular weight is 305 g/mol. The van der Waals surface area contributed by atoms with E-state index in [1.54, 1.807) is 6.07 Å². The molecule has 0 saturated heterocycles. The number of rotatable bonds is 5. The third kappa shape index (κ3) is 5.36. The van der Waals surface area contributed by atoms with Crippen LogP contribution in [0.15, 0.2) is 18.2 Å². The van der Waals surface area contributed by atoms with Gasteiger partial charge in [0.1, 0.15) is 6.54 Å². The predicted octanol–water partition coefficient (Wildman–Crippen LogP) is 3.32. The summed E-state index contributed by atoms with van der Waals surface area (Å²) in [6, 6.07) is 4.12. The van der Waals surface area contributed by atoms with Crippen LogP contribution in [0.25, 0.3) is 0 Å². The van der Waals surface area contributed by atoms with E-state index in [2.05, 4.69) is 5.32 Å². The Balaban J connectivity index is 2.77. The lowest BCUT2D eigenvalue weighted by Gasteiger charge is -2.20. The first-order chi connectivity index (χ1) is 8.92. The van der Waals surface area contributed by atoms with Gasteiger partial charge in [0.15, 0.2) is 0 Å². The maximum atomic E-state index is 11.9. The van der Waals surface area contributed by atoms with Crippen molar-refractivity contribution in [1.29, 1.82) is 0 Å². The van der Waals surface area contributed by atoms with Gasteiger partial charge < -0.3 is 15.3 Å². The summed E-state index contributed by atoms with van der Waals surface area (Å²) in [5.41, 5.74) is 0.425. The minimum absolute atomic E-state index is 0.353. The summed E-state index contributed by atoms with van der Waals surface area (Å²) in [7, 11) is 0. The van der Waals surface area contributed by atoms with Gasteiger partial charge in [-0.3, -0.25) is 4.79 Å². The zero-order chi connectivity index (χ0) is 14.4. The molecular formula is C12H14Cl2N2O3. The lowest BCUT2D eigenvalue weighted by molar-refractivity contribution is -0.137. The van der Waals surface area contributed by atoms with Gasteiger partial charge in [-0.25, -0.2) is 4.79 Å². The number of carboxylic acid groups (broad SMARTS) is 1. The quantitative estimate of drug-likeness (QED) is 0.876. The van der Waals surface area contributed by atoms with Crippen molar-refractivity contribution in [2.24, 2.45) is 0 Å². The Labute approximate surface area is 121 Å². The van der Waals surface area contributed by atoms with Crippen LogP contribution in [0.3, 0.4) is 0 Å². The van der Waals surface area contributed by atoms with E-state index >= 15 is 0 Å². The topological polar surface area (TPSA) is 69.6 Å². The Morgan fingerprint density at radius 2 is 1.84 bits per heavy atom. The predicted molar refractivity (Wildman–Crippen MR) is 75.0 cm³/mol. The van der Waals surface area contributed by atoms with E-state index < -0.39 is 12.0 Å². The Kier molecular flexibility index (Phi) is 5.92. The number of hydrogen-bond acceptors (Lipinski definition) is 2. The van der Waals surface area contributed by atoms with E-state index in [4.69, 9.17) is 28.3 Å². The van der Waals surface area contributed by atoms with Crippen LogP contribution in [-0.4, -0.2) is 35.1 Å². The normalized spacial score (nSPS) is 10.1. The number of nitrogens with zero attached hydrogens (tertiary/aromatic N) is 1. The molecule has 0 radical (unpaired) electrons. The van der Waals surface area contributed by atoms with E-state index in [1.165, 1.54) is 17.0 Å². The van der Waals surface area contributed by atoms with E-state index in [0.717, 1.165) is 0 Å². The molecule has 0 spiro atoms. The van der Waals surface area contributed by atoms with Gasteiger partial charge in [-0.2, -0.15) is 0 Å². The van der Waals surface area contributed by atoms with Gasteiger partial charge in [-0.1, -0.05) is 30.1 Å². The molecular weight excluding hydrogens is 291 g/mol. The van der Waals surface area contributed by atoms with E-state index in [0.29, 0.717) is 28.7 Å². The highest BCUT2D eigenvalue weighted by atomic mass is 35.5. The second-order valence-electron chi connectivity index (χ2n) is 3.90. The molecule has 0 fully saturated rings. The van der Waals surface area contributed by atoms with Crippen LogP contribution in [-0.2, 0) is 4.79 Å². The van der Waals surface area contributed by atoms with Crippen molar-refractivity contribution in [2.75, 3.05) is 18.4 Å². The number of benzene rings is 1. The van der Waals surface area contributed by atoms with Gasteiger partial charge >= 0.3 is 12.0 Å². The van der Waals surface area contributed by atoms with Crippen molar-refractivity contribution < 1.29 is 14.7 Å². The fourth-order valence-corrected chi connectivity index (χ4v) is 2.04. The molecule has 0 aliphatic heterocycles. The Morgan fingerprint density at radius 1 is 1.26 bits per heavy atom. The molecule has 0 aromatic heterocycles. The SMILES string of the molecule is CCCN(CC(=O)O)C(=O)Nc1cc(Cl)cc(Cl)c1. The summed E-state index contributed by atoms with van der Waals surface area (Å²) in [6.07, 6.45) is 0.664. The van der Waals surface area contributed by atoms with Crippen molar-refractivity contribution in [3.63, 3.8) is 0 Å². The Bertz CT molecular complexity index is 460. The third-order valence-electron chi connectivity index (χ3n) is 2.22. The minimum atomic E-state index is -1.06. The minimum Gasteiger partial charge on any atom is -0.480 e. The molecule has 19 heavy (non-hydrogen) atoms. The van der Waals surface area contributed by atoms with Crippen LogP contribution in [0.2, 0.25) is 10.0 Å². The van der Waals surface area contributed by atoms with Gasteiger partial charge in [-0.05, 0) is 24.6 Å². The van der Waals surface area contributed by atoms with Crippen molar-refractivity contribution in [1.82, 2.24) is 4.90 Å². The summed E-state index contributed by atoms with van der Waals surface area (Å²) in [5.74, 6) is -1.06. The van der Waals surface area contributed by atoms with Crippen LogP contribution < -0.4 is 5.32 Å². The summed E-state index contributed by atoms with van der Waals surface area (Å²) >= 11 is 11.6. The number of nitrogens with one attached hydrogen (secondary N) is 1. The molecule has 0 heterocycles. The number of halogens is 2. The molecule has 7 heteroatoms. The zero-order valence-electron chi connectivity index (χ0n) is 10.3. The number of aliphatic carboxylic acids is 1. The monoisotopic (exact) mass is 304 g/mol. The number of anilines is 1. The third-order valence-corrected chi connectivity index (χ3v) is 2.66. The van der Waals surface area contributed by atoms with Crippen molar-refractivity contribution in [2.45, 2.75) is 13.3 Å². The Morgan fingerprint density at radius 3 is 2.32 bits per heavy atom. The number of carbonyl (C=O) groups excluding carboxylic acids is 1. The van der Waals surface area contributed by atoms with Crippen molar-refractivity contribution in [3.8, 4) is 0 Å². The smallest absolute Gasteiger partial charge is 0.323 e. The largest absolute Gasteiger partial charge is 0.480 e. The van der Waals surface area contributed by atoms with Crippen molar-refractivity contribution in [3.05, 3.63) is 28.2 Å². The molecule has 1 aromatic carbocycles. The first-order valence-corrected chi connectivity index (χ1v) is 6.41. The van der Waals surface area contributed by atoms with Crippen LogP contribution in [0, 0.1) is 0 Å². The fraction of sp³-hybridized carbons (Fsp3) is 0.333. The Hall–Kier alpha value is -1.46. The van der Waals surface area contributed by atoms with E-state index in [1.807, 2.05) is 6.92 Å². The standard InChI is InChI=1S/C12H14Cl2N2O3/c1-2-3-16(7-11(17)18)12(19)15-10-5-8(13)4-9(14)6-10/h4-6H,2-3,7H2,1H3,(H,15,19)(H,17,18). The summed E-state index contributed by atoms with van der Waals surface area (Å²) in [4.78, 5) is 23.8. The average Bonchev–Trinajstić information content (AvgIpc) is 2.26. The second kappa shape index (κ2) is 7.21. The molecule has 0 unspecified atom stereocenters. The van der Waals surface area contributed by atoms with Crippen molar-refractivity contribution >= 4 is 40.9 Å². The number of amides is 2. The molecule has 1 aromatic rings. The summed E-state index contributed by atoms with van der Waals surface area (Å²) in [5, 5.41) is 12.1. The van der Waals surface area contributed by atoms with E-state index in [9.17, 15) is 9.59 Å². The number of carboxylic acids is 1. The number of carbonyl (C=O) groups is 2. The lowest BCUT2D eigenvalue weighted by Crippen LogP contribution is -2.39. The van der Waals surface area contributed by atoms with Crippen LogP contribution in [0.1, 0.15) is 13.3 Å². The first kappa shape index (κ1) is 15.6.